The Bertz CT molecular complexity index is 1040. The molecule has 0 atom stereocenters. The van der Waals surface area contributed by atoms with Crippen LogP contribution >= 0.6 is 0 Å². The summed E-state index contributed by atoms with van der Waals surface area (Å²) in [6.07, 6.45) is 5.95. The first-order chi connectivity index (χ1) is 16.0. The number of hydrogen-bond acceptors (Lipinski definition) is 5. The third-order valence-corrected chi connectivity index (χ3v) is 7.34. The van der Waals surface area contributed by atoms with Crippen LogP contribution in [0.1, 0.15) is 52.4 Å². The van der Waals surface area contributed by atoms with E-state index in [1.165, 1.54) is 18.4 Å². The molecule has 1 saturated carbocycles. The summed E-state index contributed by atoms with van der Waals surface area (Å²) in [5.74, 6) is 1.02. The molecule has 0 radical (unpaired) electrons. The largest absolute Gasteiger partial charge is 0.494 e. The molecule has 186 valence electrons. The lowest BCUT2D eigenvalue weighted by molar-refractivity contribution is -0.130. The average molecular weight is 492 g/mol. The maximum atomic E-state index is 13.0. The summed E-state index contributed by atoms with van der Waals surface area (Å²) in [6, 6.07) is 12.5. The van der Waals surface area contributed by atoms with E-state index in [9.17, 15) is 17.6 Å². The van der Waals surface area contributed by atoms with Crippen molar-refractivity contribution in [2.45, 2.75) is 69.4 Å². The second-order valence-electron chi connectivity index (χ2n) is 9.60. The van der Waals surface area contributed by atoms with Crippen molar-refractivity contribution in [3.05, 3.63) is 54.3 Å². The predicted molar refractivity (Wildman–Crippen MR) is 129 cm³/mol. The molecule has 2 aromatic carbocycles. The van der Waals surface area contributed by atoms with Gasteiger partial charge in [-0.2, -0.15) is 0 Å². The van der Waals surface area contributed by atoms with Crippen LogP contribution in [0, 0.1) is 11.2 Å². The van der Waals surface area contributed by atoms with Gasteiger partial charge in [-0.1, -0.05) is 13.8 Å². The van der Waals surface area contributed by atoms with Crippen molar-refractivity contribution in [1.29, 1.82) is 0 Å². The first kappa shape index (κ1) is 26.0. The van der Waals surface area contributed by atoms with Gasteiger partial charge in [-0.25, -0.2) is 12.8 Å². The van der Waals surface area contributed by atoms with Gasteiger partial charge < -0.3 is 14.8 Å². The molecule has 6 nitrogen and oxygen atoms in total. The van der Waals surface area contributed by atoms with Crippen LogP contribution in [0.3, 0.4) is 0 Å². The molecule has 1 aliphatic carbocycles. The fourth-order valence-corrected chi connectivity index (χ4v) is 4.64. The van der Waals surface area contributed by atoms with Crippen molar-refractivity contribution in [2.24, 2.45) is 5.41 Å². The molecular formula is C26H34FNO5S. The van der Waals surface area contributed by atoms with Crippen LogP contribution in [0.2, 0.25) is 0 Å². The van der Waals surface area contributed by atoms with Gasteiger partial charge in [0, 0.05) is 17.7 Å². The molecule has 1 amide bonds. The van der Waals surface area contributed by atoms with Crippen LogP contribution in [-0.2, 0) is 14.6 Å². The molecule has 0 bridgehead atoms. The van der Waals surface area contributed by atoms with Crippen LogP contribution in [0.4, 0.5) is 4.39 Å². The lowest BCUT2D eigenvalue weighted by Gasteiger charge is -2.32. The molecule has 0 aliphatic heterocycles. The van der Waals surface area contributed by atoms with Crippen LogP contribution in [0.5, 0.6) is 11.5 Å². The predicted octanol–water partition coefficient (Wildman–Crippen LogP) is 4.92. The lowest BCUT2D eigenvalue weighted by Crippen LogP contribution is -2.45. The third kappa shape index (κ3) is 7.72. The summed E-state index contributed by atoms with van der Waals surface area (Å²) in [4.78, 5) is 13.1. The number of halogens is 1. The van der Waals surface area contributed by atoms with Gasteiger partial charge in [0.2, 0.25) is 5.91 Å². The highest BCUT2D eigenvalue weighted by Gasteiger charge is 2.31. The molecule has 0 spiro atoms. The summed E-state index contributed by atoms with van der Waals surface area (Å²) in [6.45, 7) is 4.35. The van der Waals surface area contributed by atoms with Crippen molar-refractivity contribution in [3.63, 3.8) is 0 Å². The van der Waals surface area contributed by atoms with Crippen molar-refractivity contribution >= 4 is 15.7 Å². The average Bonchev–Trinajstić information content (AvgIpc) is 2.79. The molecule has 0 saturated heterocycles. The van der Waals surface area contributed by atoms with E-state index in [0.717, 1.165) is 32.1 Å². The van der Waals surface area contributed by atoms with Crippen molar-refractivity contribution in [3.8, 4) is 11.5 Å². The molecule has 1 aliphatic rings. The molecule has 0 aromatic heterocycles. The zero-order valence-electron chi connectivity index (χ0n) is 20.1. The summed E-state index contributed by atoms with van der Waals surface area (Å²) in [7, 11) is -3.22. The minimum Gasteiger partial charge on any atom is -0.494 e. The van der Waals surface area contributed by atoms with Crippen LogP contribution in [0.25, 0.3) is 0 Å². The van der Waals surface area contributed by atoms with E-state index in [0.29, 0.717) is 24.5 Å². The highest BCUT2D eigenvalue weighted by Crippen LogP contribution is 2.27. The van der Waals surface area contributed by atoms with E-state index in [2.05, 4.69) is 5.32 Å². The van der Waals surface area contributed by atoms with Crippen LogP contribution < -0.4 is 14.8 Å². The zero-order chi connectivity index (χ0) is 24.8. The Labute approximate surface area is 201 Å². The topological polar surface area (TPSA) is 81.7 Å². The molecule has 0 heterocycles. The SMILES string of the molecule is CC(C)(CCCOc1ccc(F)cc1)C(=O)NC1CCC(Oc2ccc(S(C)(=O)=O)cc2)CC1. The van der Waals surface area contributed by atoms with Crippen molar-refractivity contribution < 1.29 is 27.1 Å². The number of carbonyl (C=O) groups excluding carboxylic acids is 1. The highest BCUT2D eigenvalue weighted by atomic mass is 32.2. The molecule has 8 heteroatoms. The molecule has 3 rings (SSSR count). The Balaban J connectivity index is 1.37. The smallest absolute Gasteiger partial charge is 0.225 e. The number of amides is 1. The maximum Gasteiger partial charge on any atom is 0.225 e. The van der Waals surface area contributed by atoms with E-state index in [1.807, 2.05) is 13.8 Å². The Morgan fingerprint density at radius 1 is 1.00 bits per heavy atom. The number of ether oxygens (including phenoxy) is 2. The van der Waals surface area contributed by atoms with Crippen LogP contribution in [0.15, 0.2) is 53.4 Å². The lowest BCUT2D eigenvalue weighted by atomic mass is 9.85. The molecule has 2 aromatic rings. The fraction of sp³-hybridized carbons (Fsp3) is 0.500. The molecule has 34 heavy (non-hydrogen) atoms. The van der Waals surface area contributed by atoms with Gasteiger partial charge in [-0.15, -0.1) is 0 Å². The van der Waals surface area contributed by atoms with E-state index >= 15 is 0 Å². The Morgan fingerprint density at radius 2 is 1.59 bits per heavy atom. The first-order valence-corrected chi connectivity index (χ1v) is 13.6. The summed E-state index contributed by atoms with van der Waals surface area (Å²) in [5.41, 5.74) is -0.513. The quantitative estimate of drug-likeness (QED) is 0.477. The number of nitrogens with one attached hydrogen (secondary N) is 1. The van der Waals surface area contributed by atoms with Gasteiger partial charge >= 0.3 is 0 Å². The van der Waals surface area contributed by atoms with E-state index in [1.54, 1.807) is 36.4 Å². The van der Waals surface area contributed by atoms with Gasteiger partial charge in [-0.05, 0) is 87.1 Å². The number of rotatable bonds is 10. The van der Waals surface area contributed by atoms with E-state index in [4.69, 9.17) is 9.47 Å². The first-order valence-electron chi connectivity index (χ1n) is 11.7. The molecule has 0 unspecified atom stereocenters. The summed E-state index contributed by atoms with van der Waals surface area (Å²) >= 11 is 0. The van der Waals surface area contributed by atoms with Crippen molar-refractivity contribution in [1.82, 2.24) is 5.32 Å². The molecule has 1 fully saturated rings. The fourth-order valence-electron chi connectivity index (χ4n) is 4.01. The van der Waals surface area contributed by atoms with Crippen molar-refractivity contribution in [2.75, 3.05) is 12.9 Å². The summed E-state index contributed by atoms with van der Waals surface area (Å²) in [5, 5.41) is 3.19. The van der Waals surface area contributed by atoms with E-state index in [-0.39, 0.29) is 28.8 Å². The molecular weight excluding hydrogens is 457 g/mol. The Hall–Kier alpha value is -2.61. The normalized spacial score (nSPS) is 18.8. The second kappa shape index (κ2) is 11.2. The monoisotopic (exact) mass is 491 g/mol. The van der Waals surface area contributed by atoms with Gasteiger partial charge in [0.1, 0.15) is 17.3 Å². The number of sulfone groups is 1. The minimum absolute atomic E-state index is 0.0371. The van der Waals surface area contributed by atoms with Gasteiger partial charge in [0.25, 0.3) is 0 Å². The van der Waals surface area contributed by atoms with Gasteiger partial charge in [-0.3, -0.25) is 4.79 Å². The Kier molecular flexibility index (Phi) is 8.57. The Morgan fingerprint density at radius 3 is 2.18 bits per heavy atom. The summed E-state index contributed by atoms with van der Waals surface area (Å²) < 4.78 is 47.8. The van der Waals surface area contributed by atoms with Gasteiger partial charge in [0.05, 0.1) is 17.6 Å². The maximum absolute atomic E-state index is 13.0. The third-order valence-electron chi connectivity index (χ3n) is 6.21. The number of carbonyl (C=O) groups is 1. The highest BCUT2D eigenvalue weighted by molar-refractivity contribution is 7.90. The second-order valence-corrected chi connectivity index (χ2v) is 11.6. The van der Waals surface area contributed by atoms with Crippen LogP contribution in [-0.4, -0.2) is 39.3 Å². The number of benzene rings is 2. The van der Waals surface area contributed by atoms with E-state index < -0.39 is 15.3 Å². The zero-order valence-corrected chi connectivity index (χ0v) is 20.9. The minimum atomic E-state index is -3.22. The van der Waals surface area contributed by atoms with Gasteiger partial charge in [0.15, 0.2) is 9.84 Å². The molecule has 1 N–H and O–H groups in total. The number of hydrogen-bond donors (Lipinski definition) is 1. The standard InChI is InChI=1S/C26H34FNO5S/c1-26(2,17-4-18-32-21-9-5-19(27)6-10-21)25(29)28-20-7-11-22(12-8-20)33-23-13-15-24(16-14-23)34(3,30)31/h5-6,9-10,13-16,20,22H,4,7-8,11-12,17-18H2,1-3H3,(H,28,29).